The van der Waals surface area contributed by atoms with Crippen LogP contribution in [0.2, 0.25) is 0 Å². The molecule has 144 valence electrons. The molecule has 0 radical (unpaired) electrons. The van der Waals surface area contributed by atoms with Crippen LogP contribution in [0.1, 0.15) is 84.0 Å². The van der Waals surface area contributed by atoms with E-state index in [-0.39, 0.29) is 6.42 Å². The molecule has 2 nitrogen and oxygen atoms in total. The normalized spacial score (nSPS) is 13.2. The quantitative estimate of drug-likeness (QED) is 0.126. The lowest BCUT2D eigenvalue weighted by Gasteiger charge is -2.24. The van der Waals surface area contributed by atoms with E-state index in [0.29, 0.717) is 16.4 Å². The second-order valence-corrected chi connectivity index (χ2v) is 9.03. The molecule has 0 aliphatic carbocycles. The van der Waals surface area contributed by atoms with Gasteiger partial charge in [0.2, 0.25) is 5.24 Å². The molecule has 0 saturated carbocycles. The Kier molecular flexibility index (Phi) is 16.6. The molecule has 0 aromatic heterocycles. The molecule has 0 heterocycles. The van der Waals surface area contributed by atoms with Crippen molar-refractivity contribution in [3.8, 4) is 6.07 Å². The fraction of sp³-hybridized carbons (Fsp3) is 0.842. The number of hydrogen-bond acceptors (Lipinski definition) is 5. The largest absolute Gasteiger partial charge is 0.281 e. The lowest BCUT2D eigenvalue weighted by molar-refractivity contribution is -0.111. The lowest BCUT2D eigenvalue weighted by atomic mass is 9.89. The van der Waals surface area contributed by atoms with Crippen molar-refractivity contribution in [1.29, 1.82) is 5.26 Å². The molecule has 1 unspecified atom stereocenters. The molecular formula is C19H32ClNOS3. The van der Waals surface area contributed by atoms with E-state index in [9.17, 15) is 10.1 Å². The second kappa shape index (κ2) is 16.4. The minimum absolute atomic E-state index is 0.161. The van der Waals surface area contributed by atoms with Crippen LogP contribution in [-0.4, -0.2) is 20.9 Å². The van der Waals surface area contributed by atoms with E-state index < -0.39 is 10.7 Å². The van der Waals surface area contributed by atoms with Gasteiger partial charge in [-0.05, 0) is 30.2 Å². The molecule has 0 aliphatic heterocycles. The van der Waals surface area contributed by atoms with Crippen LogP contribution in [0.3, 0.4) is 0 Å². The van der Waals surface area contributed by atoms with Gasteiger partial charge in [-0.25, -0.2) is 0 Å². The van der Waals surface area contributed by atoms with E-state index in [1.54, 1.807) is 11.8 Å². The molecule has 0 spiro atoms. The first-order valence-corrected chi connectivity index (χ1v) is 11.8. The number of thiocarbonyl (C=S) groups is 1. The maximum Gasteiger partial charge on any atom is 0.221 e. The van der Waals surface area contributed by atoms with Gasteiger partial charge >= 0.3 is 0 Å². The van der Waals surface area contributed by atoms with Crippen molar-refractivity contribution in [2.75, 3.05) is 11.5 Å². The van der Waals surface area contributed by atoms with Crippen molar-refractivity contribution in [3.05, 3.63) is 0 Å². The Labute approximate surface area is 174 Å². The Morgan fingerprint density at radius 3 is 2.08 bits per heavy atom. The number of carbonyl (C=O) groups is 1. The lowest BCUT2D eigenvalue weighted by Crippen LogP contribution is -2.29. The third kappa shape index (κ3) is 12.3. The van der Waals surface area contributed by atoms with E-state index in [1.165, 1.54) is 57.8 Å². The summed E-state index contributed by atoms with van der Waals surface area (Å²) in [5.74, 6) is 1.26. The molecule has 0 amide bonds. The summed E-state index contributed by atoms with van der Waals surface area (Å²) >= 11 is 16.7. The van der Waals surface area contributed by atoms with Crippen LogP contribution in [0, 0.1) is 16.7 Å². The number of hydrogen-bond donors (Lipinski definition) is 1. The van der Waals surface area contributed by atoms with E-state index in [0.717, 1.165) is 12.2 Å². The summed E-state index contributed by atoms with van der Waals surface area (Å²) in [6.07, 6.45) is 13.6. The van der Waals surface area contributed by atoms with Crippen LogP contribution < -0.4 is 0 Å². The fourth-order valence-corrected chi connectivity index (χ4v) is 4.78. The van der Waals surface area contributed by atoms with Crippen molar-refractivity contribution in [3.63, 3.8) is 0 Å². The topological polar surface area (TPSA) is 40.9 Å². The highest BCUT2D eigenvalue weighted by Crippen LogP contribution is 2.33. The Balaban J connectivity index is 3.83. The van der Waals surface area contributed by atoms with E-state index in [4.69, 9.17) is 23.8 Å². The van der Waals surface area contributed by atoms with Crippen molar-refractivity contribution < 1.29 is 4.79 Å². The Hall–Kier alpha value is 0.240. The average Bonchev–Trinajstić information content (AvgIpc) is 2.60. The van der Waals surface area contributed by atoms with Crippen LogP contribution >= 0.6 is 48.2 Å². The predicted molar refractivity (Wildman–Crippen MR) is 119 cm³/mol. The first-order valence-electron chi connectivity index (χ1n) is 9.40. The van der Waals surface area contributed by atoms with E-state index in [1.807, 2.05) is 0 Å². The zero-order chi connectivity index (χ0) is 19.0. The monoisotopic (exact) mass is 421 g/mol. The van der Waals surface area contributed by atoms with Crippen LogP contribution in [0.25, 0.3) is 0 Å². The summed E-state index contributed by atoms with van der Waals surface area (Å²) < 4.78 is 0.652. The van der Waals surface area contributed by atoms with Gasteiger partial charge in [0.1, 0.15) is 5.41 Å². The summed E-state index contributed by atoms with van der Waals surface area (Å²) in [4.78, 5) is 11.0. The number of thioether (sulfide) groups is 1. The highest BCUT2D eigenvalue weighted by molar-refractivity contribution is 8.23. The van der Waals surface area contributed by atoms with Gasteiger partial charge in [0.25, 0.3) is 0 Å². The maximum atomic E-state index is 11.0. The fourth-order valence-electron chi connectivity index (χ4n) is 2.59. The van der Waals surface area contributed by atoms with Crippen LogP contribution in [0.4, 0.5) is 0 Å². The van der Waals surface area contributed by atoms with Gasteiger partial charge in [0.15, 0.2) is 0 Å². The number of nitrogens with zero attached hydrogens (tertiary/aromatic N) is 1. The minimum Gasteiger partial charge on any atom is -0.281 e. The Bertz CT molecular complexity index is 425. The van der Waals surface area contributed by atoms with E-state index >= 15 is 0 Å². The van der Waals surface area contributed by atoms with Gasteiger partial charge in [-0.1, -0.05) is 76.9 Å². The third-order valence-electron chi connectivity index (χ3n) is 4.35. The number of nitriles is 1. The molecule has 0 aromatic rings. The van der Waals surface area contributed by atoms with Gasteiger partial charge < -0.3 is 0 Å². The van der Waals surface area contributed by atoms with E-state index in [2.05, 4.69) is 25.6 Å². The number of unbranched alkanes of at least 4 members (excludes halogenated alkanes) is 9. The highest BCUT2D eigenvalue weighted by atomic mass is 35.5. The standard InChI is InChI=1S/C19H32ClNOS3/c1-2-3-4-5-6-7-8-9-10-11-14-25-18(24)19(15-21,16-23)13-12-17(20)22/h23H,2-14,16H2,1H3. The van der Waals surface area contributed by atoms with Crippen LogP contribution in [0.5, 0.6) is 0 Å². The van der Waals surface area contributed by atoms with Crippen molar-refractivity contribution in [2.45, 2.75) is 84.0 Å². The highest BCUT2D eigenvalue weighted by Gasteiger charge is 2.34. The SMILES string of the molecule is CCCCCCCCCCCCSC(=S)C(C#N)(CS)CCC(=O)Cl. The Morgan fingerprint density at radius 1 is 1.12 bits per heavy atom. The maximum absolute atomic E-state index is 11.0. The van der Waals surface area contributed by atoms with Gasteiger partial charge in [-0.15, -0.1) is 11.8 Å². The summed E-state index contributed by atoms with van der Waals surface area (Å²) in [6.45, 7) is 2.25. The van der Waals surface area contributed by atoms with Gasteiger partial charge in [0, 0.05) is 12.2 Å². The molecular weight excluding hydrogens is 390 g/mol. The van der Waals surface area contributed by atoms with Gasteiger partial charge in [0.05, 0.1) is 10.3 Å². The van der Waals surface area contributed by atoms with Crippen molar-refractivity contribution in [1.82, 2.24) is 0 Å². The molecule has 0 N–H and O–H groups in total. The summed E-state index contributed by atoms with van der Waals surface area (Å²) in [7, 11) is 0. The minimum atomic E-state index is -0.827. The molecule has 6 heteroatoms. The average molecular weight is 422 g/mol. The zero-order valence-electron chi connectivity index (χ0n) is 15.4. The number of thiol groups is 1. The first kappa shape index (κ1) is 25.2. The number of rotatable bonds is 16. The molecule has 0 saturated heterocycles. The van der Waals surface area contributed by atoms with Gasteiger partial charge in [-0.3, -0.25) is 4.79 Å². The van der Waals surface area contributed by atoms with Crippen LogP contribution in [-0.2, 0) is 4.79 Å². The predicted octanol–water partition coefficient (Wildman–Crippen LogP) is 6.95. The molecule has 0 aromatic carbocycles. The summed E-state index contributed by atoms with van der Waals surface area (Å²) in [5, 5.41) is 9.06. The van der Waals surface area contributed by atoms with Crippen molar-refractivity contribution >= 4 is 57.6 Å². The molecule has 0 aliphatic rings. The number of halogens is 1. The summed E-state index contributed by atoms with van der Waals surface area (Å²) in [6, 6.07) is 2.26. The van der Waals surface area contributed by atoms with Crippen LogP contribution in [0.15, 0.2) is 0 Å². The van der Waals surface area contributed by atoms with Gasteiger partial charge in [-0.2, -0.15) is 17.9 Å². The second-order valence-electron chi connectivity index (χ2n) is 6.53. The molecule has 0 bridgehead atoms. The molecule has 0 rings (SSSR count). The summed E-state index contributed by atoms with van der Waals surface area (Å²) in [5.41, 5.74) is -0.827. The number of carbonyl (C=O) groups excluding carboxylic acids is 1. The molecule has 25 heavy (non-hydrogen) atoms. The smallest absolute Gasteiger partial charge is 0.221 e. The molecule has 0 fully saturated rings. The third-order valence-corrected chi connectivity index (χ3v) is 6.97. The zero-order valence-corrected chi connectivity index (χ0v) is 18.7. The van der Waals surface area contributed by atoms with Crippen molar-refractivity contribution in [2.24, 2.45) is 5.41 Å². The first-order chi connectivity index (χ1) is 12.0. The Morgan fingerprint density at radius 2 is 1.64 bits per heavy atom. The molecule has 1 atom stereocenters.